The zero-order valence-electron chi connectivity index (χ0n) is 12.1. The van der Waals surface area contributed by atoms with Crippen molar-refractivity contribution < 1.29 is 9.53 Å². The van der Waals surface area contributed by atoms with Gasteiger partial charge in [-0.2, -0.15) is 0 Å². The van der Waals surface area contributed by atoms with Crippen molar-refractivity contribution in [2.24, 2.45) is 0 Å². The third-order valence-corrected chi connectivity index (χ3v) is 3.72. The molecule has 0 spiro atoms. The molecule has 0 aromatic carbocycles. The molecular formula is C14H22N4O2. The lowest BCUT2D eigenvalue weighted by Crippen LogP contribution is -2.49. The van der Waals surface area contributed by atoms with Gasteiger partial charge in [-0.15, -0.1) is 10.2 Å². The molecule has 0 atom stereocenters. The molecule has 0 unspecified atom stereocenters. The number of amides is 1. The summed E-state index contributed by atoms with van der Waals surface area (Å²) in [6, 6.07) is 3.45. The second kappa shape index (κ2) is 6.65. The lowest BCUT2D eigenvalue weighted by molar-refractivity contribution is -0.0679. The summed E-state index contributed by atoms with van der Waals surface area (Å²) in [5, 5.41) is 13.9. The SMILES string of the molecule is CCCNc1ccc(C(=O)NCC2(OC)CCC2)nn1. The monoisotopic (exact) mass is 278 g/mol. The van der Waals surface area contributed by atoms with Crippen LogP contribution in [-0.2, 0) is 4.74 Å². The van der Waals surface area contributed by atoms with Crippen molar-refractivity contribution in [2.45, 2.75) is 38.2 Å². The predicted octanol–water partition coefficient (Wildman–Crippen LogP) is 1.60. The molecule has 2 N–H and O–H groups in total. The van der Waals surface area contributed by atoms with Crippen molar-refractivity contribution in [1.82, 2.24) is 15.5 Å². The summed E-state index contributed by atoms with van der Waals surface area (Å²) in [5.74, 6) is 0.485. The number of nitrogens with one attached hydrogen (secondary N) is 2. The Labute approximate surface area is 119 Å². The van der Waals surface area contributed by atoms with E-state index in [-0.39, 0.29) is 11.5 Å². The molecule has 6 nitrogen and oxygen atoms in total. The van der Waals surface area contributed by atoms with Crippen LogP contribution in [0.2, 0.25) is 0 Å². The fourth-order valence-corrected chi connectivity index (χ4v) is 2.16. The van der Waals surface area contributed by atoms with E-state index in [0.29, 0.717) is 18.1 Å². The highest BCUT2D eigenvalue weighted by Crippen LogP contribution is 2.34. The van der Waals surface area contributed by atoms with E-state index >= 15 is 0 Å². The van der Waals surface area contributed by atoms with Crippen LogP contribution in [0, 0.1) is 0 Å². The number of carbonyl (C=O) groups is 1. The van der Waals surface area contributed by atoms with Gasteiger partial charge >= 0.3 is 0 Å². The minimum absolute atomic E-state index is 0.175. The third kappa shape index (κ3) is 3.45. The predicted molar refractivity (Wildman–Crippen MR) is 76.7 cm³/mol. The Hall–Kier alpha value is -1.69. The fourth-order valence-electron chi connectivity index (χ4n) is 2.16. The molecule has 1 heterocycles. The average Bonchev–Trinajstić information content (AvgIpc) is 2.45. The van der Waals surface area contributed by atoms with E-state index in [1.165, 1.54) is 0 Å². The van der Waals surface area contributed by atoms with Crippen LogP contribution in [0.25, 0.3) is 0 Å². The first kappa shape index (κ1) is 14.7. The van der Waals surface area contributed by atoms with Gasteiger partial charge in [-0.25, -0.2) is 0 Å². The standard InChI is InChI=1S/C14H22N4O2/c1-3-9-15-12-6-5-11(17-18-12)13(19)16-10-14(20-2)7-4-8-14/h5-6H,3-4,7-10H2,1-2H3,(H,15,18)(H,16,19). The number of carbonyl (C=O) groups excluding carboxylic acids is 1. The highest BCUT2D eigenvalue weighted by Gasteiger charge is 2.37. The van der Waals surface area contributed by atoms with Gasteiger partial charge in [0, 0.05) is 20.2 Å². The van der Waals surface area contributed by atoms with Gasteiger partial charge in [0.15, 0.2) is 5.69 Å². The number of ether oxygens (including phenoxy) is 1. The molecule has 20 heavy (non-hydrogen) atoms. The molecule has 0 saturated heterocycles. The first-order valence-electron chi connectivity index (χ1n) is 7.10. The molecule has 1 aromatic rings. The van der Waals surface area contributed by atoms with Gasteiger partial charge in [0.05, 0.1) is 5.60 Å². The molecule has 1 aromatic heterocycles. The summed E-state index contributed by atoms with van der Waals surface area (Å²) in [6.45, 7) is 3.45. The molecule has 0 radical (unpaired) electrons. The van der Waals surface area contributed by atoms with E-state index in [0.717, 1.165) is 32.2 Å². The van der Waals surface area contributed by atoms with Gasteiger partial charge in [0.25, 0.3) is 5.91 Å². The first-order valence-corrected chi connectivity index (χ1v) is 7.10. The number of nitrogens with zero attached hydrogens (tertiary/aromatic N) is 2. The minimum Gasteiger partial charge on any atom is -0.376 e. The summed E-state index contributed by atoms with van der Waals surface area (Å²) in [4.78, 5) is 12.0. The fraction of sp³-hybridized carbons (Fsp3) is 0.643. The molecule has 6 heteroatoms. The average molecular weight is 278 g/mol. The summed E-state index contributed by atoms with van der Waals surface area (Å²) in [7, 11) is 1.69. The lowest BCUT2D eigenvalue weighted by Gasteiger charge is -2.40. The van der Waals surface area contributed by atoms with Gasteiger partial charge in [-0.3, -0.25) is 4.79 Å². The van der Waals surface area contributed by atoms with Crippen LogP contribution in [0.15, 0.2) is 12.1 Å². The number of hydrogen-bond acceptors (Lipinski definition) is 5. The number of rotatable bonds is 7. The maximum Gasteiger partial charge on any atom is 0.271 e. The second-order valence-corrected chi connectivity index (χ2v) is 5.15. The number of aromatic nitrogens is 2. The number of methoxy groups -OCH3 is 1. The topological polar surface area (TPSA) is 76.1 Å². The van der Waals surface area contributed by atoms with E-state index in [9.17, 15) is 4.79 Å². The van der Waals surface area contributed by atoms with Crippen LogP contribution < -0.4 is 10.6 Å². The minimum atomic E-state index is -0.206. The maximum absolute atomic E-state index is 12.0. The zero-order chi connectivity index (χ0) is 14.4. The summed E-state index contributed by atoms with van der Waals surface area (Å²) >= 11 is 0. The lowest BCUT2D eigenvalue weighted by atomic mass is 9.80. The van der Waals surface area contributed by atoms with Gasteiger partial charge < -0.3 is 15.4 Å². The smallest absolute Gasteiger partial charge is 0.271 e. The number of anilines is 1. The molecule has 1 saturated carbocycles. The Morgan fingerprint density at radius 1 is 1.40 bits per heavy atom. The van der Waals surface area contributed by atoms with Crippen LogP contribution in [-0.4, -0.2) is 41.9 Å². The van der Waals surface area contributed by atoms with Crippen molar-refractivity contribution in [2.75, 3.05) is 25.5 Å². The van der Waals surface area contributed by atoms with Gasteiger partial charge in [0.2, 0.25) is 0 Å². The van der Waals surface area contributed by atoms with Crippen LogP contribution in [0.5, 0.6) is 0 Å². The highest BCUT2D eigenvalue weighted by atomic mass is 16.5. The normalized spacial score (nSPS) is 16.3. The Bertz CT molecular complexity index is 437. The molecule has 1 aliphatic rings. The quantitative estimate of drug-likeness (QED) is 0.792. The molecule has 1 fully saturated rings. The van der Waals surface area contributed by atoms with Gasteiger partial charge in [0.1, 0.15) is 5.82 Å². The molecule has 0 bridgehead atoms. The van der Waals surface area contributed by atoms with Gasteiger partial charge in [-0.05, 0) is 37.8 Å². The molecule has 0 aliphatic heterocycles. The molecule has 1 amide bonds. The van der Waals surface area contributed by atoms with Crippen LogP contribution in [0.3, 0.4) is 0 Å². The summed E-state index contributed by atoms with van der Waals surface area (Å²) in [6.07, 6.45) is 4.16. The van der Waals surface area contributed by atoms with Crippen molar-refractivity contribution >= 4 is 11.7 Å². The highest BCUT2D eigenvalue weighted by molar-refractivity contribution is 5.92. The van der Waals surface area contributed by atoms with Crippen molar-refractivity contribution in [1.29, 1.82) is 0 Å². The van der Waals surface area contributed by atoms with E-state index in [2.05, 4.69) is 27.8 Å². The van der Waals surface area contributed by atoms with Crippen molar-refractivity contribution in [3.8, 4) is 0 Å². The molecule has 2 rings (SSSR count). The molecule has 1 aliphatic carbocycles. The van der Waals surface area contributed by atoms with Crippen molar-refractivity contribution in [3.63, 3.8) is 0 Å². The van der Waals surface area contributed by atoms with Crippen LogP contribution in [0.4, 0.5) is 5.82 Å². The third-order valence-electron chi connectivity index (χ3n) is 3.72. The zero-order valence-corrected chi connectivity index (χ0v) is 12.1. The Kier molecular flexibility index (Phi) is 4.89. The van der Waals surface area contributed by atoms with Crippen molar-refractivity contribution in [3.05, 3.63) is 17.8 Å². The van der Waals surface area contributed by atoms with Crippen LogP contribution >= 0.6 is 0 Å². The largest absolute Gasteiger partial charge is 0.376 e. The van der Waals surface area contributed by atoms with Crippen LogP contribution in [0.1, 0.15) is 43.1 Å². The Balaban J connectivity index is 1.85. The van der Waals surface area contributed by atoms with E-state index in [4.69, 9.17) is 4.74 Å². The second-order valence-electron chi connectivity index (χ2n) is 5.15. The molecule has 110 valence electrons. The van der Waals surface area contributed by atoms with E-state index in [1.54, 1.807) is 19.2 Å². The van der Waals surface area contributed by atoms with Gasteiger partial charge in [-0.1, -0.05) is 6.92 Å². The summed E-state index contributed by atoms with van der Waals surface area (Å²) in [5.41, 5.74) is 0.156. The van der Waals surface area contributed by atoms with E-state index < -0.39 is 0 Å². The number of hydrogen-bond donors (Lipinski definition) is 2. The maximum atomic E-state index is 12.0. The molecular weight excluding hydrogens is 256 g/mol. The Morgan fingerprint density at radius 3 is 2.70 bits per heavy atom. The first-order chi connectivity index (χ1) is 9.69. The Morgan fingerprint density at radius 2 is 2.20 bits per heavy atom. The summed E-state index contributed by atoms with van der Waals surface area (Å²) < 4.78 is 5.46. The van der Waals surface area contributed by atoms with E-state index in [1.807, 2.05) is 0 Å².